The van der Waals surface area contributed by atoms with Gasteiger partial charge in [0.25, 0.3) is 0 Å². The SMILES string of the molecule is CCO[C@@H](C)C(=O)[C@@H](C#N)c1nc2ccccc2s1. The van der Waals surface area contributed by atoms with Gasteiger partial charge in [-0.3, -0.25) is 4.79 Å². The third-order valence-corrected chi connectivity index (χ3v) is 3.89. The molecule has 0 aliphatic carbocycles. The Morgan fingerprint density at radius 2 is 2.26 bits per heavy atom. The van der Waals surface area contributed by atoms with Crippen molar-refractivity contribution >= 4 is 27.3 Å². The molecule has 19 heavy (non-hydrogen) atoms. The number of thiazole rings is 1. The molecule has 1 heterocycles. The number of para-hydroxylation sites is 1. The number of carbonyl (C=O) groups is 1. The van der Waals surface area contributed by atoms with Gasteiger partial charge in [0.2, 0.25) is 0 Å². The summed E-state index contributed by atoms with van der Waals surface area (Å²) >= 11 is 1.38. The number of nitriles is 1. The average molecular weight is 274 g/mol. The van der Waals surface area contributed by atoms with Crippen LogP contribution in [0.5, 0.6) is 0 Å². The van der Waals surface area contributed by atoms with Crippen molar-refractivity contribution in [2.24, 2.45) is 0 Å². The molecule has 2 atom stereocenters. The fourth-order valence-corrected chi connectivity index (χ4v) is 2.84. The lowest BCUT2D eigenvalue weighted by atomic mass is 10.0. The molecule has 0 radical (unpaired) electrons. The summed E-state index contributed by atoms with van der Waals surface area (Å²) in [6.45, 7) is 3.94. The van der Waals surface area contributed by atoms with E-state index in [9.17, 15) is 10.1 Å². The number of benzene rings is 1. The highest BCUT2D eigenvalue weighted by Crippen LogP contribution is 2.28. The number of hydrogen-bond acceptors (Lipinski definition) is 5. The van der Waals surface area contributed by atoms with Crippen LogP contribution in [0.25, 0.3) is 10.2 Å². The summed E-state index contributed by atoms with van der Waals surface area (Å²) in [4.78, 5) is 16.5. The van der Waals surface area contributed by atoms with Crippen LogP contribution in [0.3, 0.4) is 0 Å². The van der Waals surface area contributed by atoms with Crippen LogP contribution in [0.15, 0.2) is 24.3 Å². The maximum Gasteiger partial charge on any atom is 0.185 e. The van der Waals surface area contributed by atoms with Gasteiger partial charge >= 0.3 is 0 Å². The van der Waals surface area contributed by atoms with Gasteiger partial charge in [0.15, 0.2) is 11.7 Å². The van der Waals surface area contributed by atoms with Crippen LogP contribution >= 0.6 is 11.3 Å². The minimum absolute atomic E-state index is 0.233. The van der Waals surface area contributed by atoms with Crippen LogP contribution in [0.2, 0.25) is 0 Å². The Balaban J connectivity index is 2.31. The molecule has 0 amide bonds. The topological polar surface area (TPSA) is 63.0 Å². The average Bonchev–Trinajstić information content (AvgIpc) is 2.83. The smallest absolute Gasteiger partial charge is 0.185 e. The Morgan fingerprint density at radius 3 is 2.89 bits per heavy atom. The summed E-state index contributed by atoms with van der Waals surface area (Å²) in [6, 6.07) is 9.64. The minimum atomic E-state index is -0.848. The van der Waals surface area contributed by atoms with Crippen LogP contribution in [0.1, 0.15) is 24.8 Å². The van der Waals surface area contributed by atoms with Gasteiger partial charge < -0.3 is 4.74 Å². The molecule has 0 unspecified atom stereocenters. The number of carbonyl (C=O) groups excluding carboxylic acids is 1. The van der Waals surface area contributed by atoms with Gasteiger partial charge in [0, 0.05) is 6.61 Å². The van der Waals surface area contributed by atoms with Gasteiger partial charge in [0.1, 0.15) is 11.1 Å². The van der Waals surface area contributed by atoms with Gasteiger partial charge in [-0.15, -0.1) is 11.3 Å². The van der Waals surface area contributed by atoms with Gasteiger partial charge in [0.05, 0.1) is 16.3 Å². The van der Waals surface area contributed by atoms with Crippen molar-refractivity contribution in [1.29, 1.82) is 5.26 Å². The van der Waals surface area contributed by atoms with Crippen molar-refractivity contribution in [3.8, 4) is 6.07 Å². The second-order valence-corrected chi connectivity index (χ2v) is 5.14. The number of rotatable bonds is 5. The fraction of sp³-hybridized carbons (Fsp3) is 0.357. The third kappa shape index (κ3) is 2.80. The molecule has 5 heteroatoms. The van der Waals surface area contributed by atoms with Crippen molar-refractivity contribution in [1.82, 2.24) is 4.98 Å². The van der Waals surface area contributed by atoms with E-state index >= 15 is 0 Å². The van der Waals surface area contributed by atoms with Crippen LogP contribution in [0.4, 0.5) is 0 Å². The second kappa shape index (κ2) is 5.91. The van der Waals surface area contributed by atoms with Crippen molar-refractivity contribution in [2.75, 3.05) is 6.61 Å². The largest absolute Gasteiger partial charge is 0.371 e. The van der Waals surface area contributed by atoms with E-state index < -0.39 is 12.0 Å². The number of ether oxygens (including phenoxy) is 1. The van der Waals surface area contributed by atoms with Crippen molar-refractivity contribution < 1.29 is 9.53 Å². The maximum atomic E-state index is 12.2. The predicted molar refractivity (Wildman–Crippen MR) is 74.1 cm³/mol. The monoisotopic (exact) mass is 274 g/mol. The van der Waals surface area contributed by atoms with Gasteiger partial charge in [-0.25, -0.2) is 4.98 Å². The number of aromatic nitrogens is 1. The summed E-state index contributed by atoms with van der Waals surface area (Å²) in [5.74, 6) is -1.08. The summed E-state index contributed by atoms with van der Waals surface area (Å²) in [6.07, 6.45) is -0.582. The molecule has 0 fully saturated rings. The molecule has 0 saturated heterocycles. The van der Waals surface area contributed by atoms with Crippen molar-refractivity contribution in [3.05, 3.63) is 29.3 Å². The zero-order valence-electron chi connectivity index (χ0n) is 10.8. The van der Waals surface area contributed by atoms with E-state index in [4.69, 9.17) is 4.74 Å². The van der Waals surface area contributed by atoms with Gasteiger partial charge in [-0.1, -0.05) is 12.1 Å². The predicted octanol–water partition coefficient (Wildman–Crippen LogP) is 2.90. The first-order valence-corrected chi connectivity index (χ1v) is 6.89. The maximum absolute atomic E-state index is 12.2. The molecular formula is C14H14N2O2S. The zero-order valence-corrected chi connectivity index (χ0v) is 11.6. The third-order valence-electron chi connectivity index (χ3n) is 2.79. The lowest BCUT2D eigenvalue weighted by molar-refractivity contribution is -0.129. The Kier molecular flexibility index (Phi) is 4.25. The Hall–Kier alpha value is -1.77. The fourth-order valence-electron chi connectivity index (χ4n) is 1.82. The molecule has 2 aromatic rings. The summed E-state index contributed by atoms with van der Waals surface area (Å²) in [7, 11) is 0. The molecule has 0 N–H and O–H groups in total. The zero-order chi connectivity index (χ0) is 13.8. The minimum Gasteiger partial charge on any atom is -0.371 e. The Labute approximate surface area is 115 Å². The van der Waals surface area contributed by atoms with Gasteiger partial charge in [-0.2, -0.15) is 5.26 Å². The summed E-state index contributed by atoms with van der Waals surface area (Å²) in [5.41, 5.74) is 0.819. The van der Waals surface area contributed by atoms with Crippen LogP contribution in [0, 0.1) is 11.3 Å². The van der Waals surface area contributed by atoms with E-state index in [1.54, 1.807) is 6.92 Å². The molecule has 98 valence electrons. The Morgan fingerprint density at radius 1 is 1.53 bits per heavy atom. The van der Waals surface area contributed by atoms with E-state index in [1.807, 2.05) is 37.3 Å². The highest BCUT2D eigenvalue weighted by molar-refractivity contribution is 7.18. The first-order chi connectivity index (χ1) is 9.17. The Bertz CT molecular complexity index is 597. The quantitative estimate of drug-likeness (QED) is 0.841. The highest BCUT2D eigenvalue weighted by atomic mass is 32.1. The molecule has 4 nitrogen and oxygen atoms in total. The molecule has 0 bridgehead atoms. The molecule has 2 rings (SSSR count). The number of Topliss-reactive ketones (excluding diaryl/α,β-unsaturated/α-hetero) is 1. The number of ketones is 1. The van der Waals surface area contributed by atoms with E-state index in [1.165, 1.54) is 11.3 Å². The number of fused-ring (bicyclic) bond motifs is 1. The molecular weight excluding hydrogens is 260 g/mol. The first kappa shape index (κ1) is 13.7. The van der Waals surface area contributed by atoms with Crippen molar-refractivity contribution in [2.45, 2.75) is 25.9 Å². The van der Waals surface area contributed by atoms with Crippen LogP contribution in [-0.2, 0) is 9.53 Å². The van der Waals surface area contributed by atoms with E-state index in [0.717, 1.165) is 10.2 Å². The summed E-state index contributed by atoms with van der Waals surface area (Å²) in [5, 5.41) is 9.77. The number of nitrogens with zero attached hydrogens (tertiary/aromatic N) is 2. The standard InChI is InChI=1S/C14H14N2O2S/c1-3-18-9(2)13(17)10(8-15)14-16-11-6-4-5-7-12(11)19-14/h4-7,9-10H,3H2,1-2H3/t9-,10+/m0/s1. The number of hydrogen-bond donors (Lipinski definition) is 0. The molecule has 1 aromatic heterocycles. The van der Waals surface area contributed by atoms with E-state index in [0.29, 0.717) is 11.6 Å². The lowest BCUT2D eigenvalue weighted by Crippen LogP contribution is -2.26. The van der Waals surface area contributed by atoms with Crippen LogP contribution in [-0.4, -0.2) is 23.5 Å². The molecule has 0 aliphatic rings. The summed E-state index contributed by atoms with van der Waals surface area (Å²) < 4.78 is 6.24. The molecule has 1 aromatic carbocycles. The van der Waals surface area contributed by atoms with Crippen molar-refractivity contribution in [3.63, 3.8) is 0 Å². The van der Waals surface area contributed by atoms with Crippen LogP contribution < -0.4 is 0 Å². The van der Waals surface area contributed by atoms with E-state index in [-0.39, 0.29) is 5.78 Å². The van der Waals surface area contributed by atoms with Gasteiger partial charge in [-0.05, 0) is 26.0 Å². The molecule has 0 saturated carbocycles. The highest BCUT2D eigenvalue weighted by Gasteiger charge is 2.28. The lowest BCUT2D eigenvalue weighted by Gasteiger charge is -2.12. The van der Waals surface area contributed by atoms with E-state index in [2.05, 4.69) is 4.98 Å². The molecule has 0 aliphatic heterocycles. The second-order valence-electron chi connectivity index (χ2n) is 4.08. The molecule has 0 spiro atoms. The first-order valence-electron chi connectivity index (χ1n) is 6.07. The normalized spacial score (nSPS) is 13.9.